The number of piperidine rings is 1. The third-order valence-electron chi connectivity index (χ3n) is 3.25. The second-order valence-corrected chi connectivity index (χ2v) is 4.20. The molecule has 1 aromatic rings. The van der Waals surface area contributed by atoms with E-state index in [-0.39, 0.29) is 12.4 Å². The topological polar surface area (TPSA) is 36.8 Å². The van der Waals surface area contributed by atoms with Gasteiger partial charge in [-0.15, -0.1) is 0 Å². The molecule has 82 valence electrons. The Hall–Kier alpha value is -0.930. The van der Waals surface area contributed by atoms with Crippen molar-refractivity contribution in [1.82, 2.24) is 0 Å². The van der Waals surface area contributed by atoms with Gasteiger partial charge >= 0.3 is 0 Å². The van der Waals surface area contributed by atoms with Crippen LogP contribution in [0, 0.1) is 11.7 Å². The van der Waals surface area contributed by atoms with Gasteiger partial charge in [-0.2, -0.15) is 0 Å². The summed E-state index contributed by atoms with van der Waals surface area (Å²) < 4.78 is 12.8. The zero-order chi connectivity index (χ0) is 10.7. The van der Waals surface area contributed by atoms with Crippen LogP contribution in [0.5, 0.6) is 0 Å². The molecule has 2 rings (SSSR count). The SMILES string of the molecule is OC[C@@H]1C[NH2+]CC[C@H]1c1ccc(F)cc1. The Kier molecular flexibility index (Phi) is 3.34. The lowest BCUT2D eigenvalue weighted by atomic mass is 9.82. The molecular formula is C12H17FNO+. The van der Waals surface area contributed by atoms with Crippen molar-refractivity contribution in [3.63, 3.8) is 0 Å². The molecule has 0 bridgehead atoms. The first-order valence-corrected chi connectivity index (χ1v) is 5.49. The molecule has 1 aliphatic rings. The van der Waals surface area contributed by atoms with Crippen LogP contribution in [-0.2, 0) is 0 Å². The number of hydrogen-bond donors (Lipinski definition) is 2. The van der Waals surface area contributed by atoms with Crippen LogP contribution in [0.2, 0.25) is 0 Å². The molecule has 0 radical (unpaired) electrons. The maximum atomic E-state index is 12.8. The Balaban J connectivity index is 2.16. The van der Waals surface area contributed by atoms with Crippen molar-refractivity contribution in [2.75, 3.05) is 19.7 Å². The van der Waals surface area contributed by atoms with Crippen molar-refractivity contribution in [1.29, 1.82) is 0 Å². The van der Waals surface area contributed by atoms with Crippen LogP contribution < -0.4 is 5.32 Å². The highest BCUT2D eigenvalue weighted by atomic mass is 19.1. The number of nitrogens with two attached hydrogens (primary N) is 1. The third-order valence-corrected chi connectivity index (χ3v) is 3.25. The predicted octanol–water partition coefficient (Wildman–Crippen LogP) is 0.485. The summed E-state index contributed by atoms with van der Waals surface area (Å²) in [4.78, 5) is 0. The second kappa shape index (κ2) is 4.73. The molecule has 0 spiro atoms. The third kappa shape index (κ3) is 2.36. The number of hydrogen-bond acceptors (Lipinski definition) is 1. The average Bonchev–Trinajstić information content (AvgIpc) is 2.30. The van der Waals surface area contributed by atoms with E-state index in [1.807, 2.05) is 12.1 Å². The van der Waals surface area contributed by atoms with Crippen LogP contribution in [0.3, 0.4) is 0 Å². The zero-order valence-electron chi connectivity index (χ0n) is 8.70. The minimum absolute atomic E-state index is 0.193. The maximum absolute atomic E-state index is 12.8. The van der Waals surface area contributed by atoms with Gasteiger partial charge in [0.2, 0.25) is 0 Å². The van der Waals surface area contributed by atoms with Crippen molar-refractivity contribution in [3.8, 4) is 0 Å². The Bertz CT molecular complexity index is 312. The molecule has 0 aliphatic carbocycles. The zero-order valence-corrected chi connectivity index (χ0v) is 8.70. The first-order chi connectivity index (χ1) is 7.31. The second-order valence-electron chi connectivity index (χ2n) is 4.20. The summed E-state index contributed by atoms with van der Waals surface area (Å²) in [5.41, 5.74) is 1.16. The molecule has 2 nitrogen and oxygen atoms in total. The summed E-state index contributed by atoms with van der Waals surface area (Å²) in [6.07, 6.45) is 1.07. The van der Waals surface area contributed by atoms with E-state index < -0.39 is 0 Å². The van der Waals surface area contributed by atoms with Crippen LogP contribution in [0.1, 0.15) is 17.9 Å². The lowest BCUT2D eigenvalue weighted by molar-refractivity contribution is -0.670. The van der Waals surface area contributed by atoms with Crippen LogP contribution >= 0.6 is 0 Å². The molecule has 1 aliphatic heterocycles. The van der Waals surface area contributed by atoms with E-state index in [1.54, 1.807) is 0 Å². The van der Waals surface area contributed by atoms with E-state index >= 15 is 0 Å². The van der Waals surface area contributed by atoms with Gasteiger partial charge in [-0.3, -0.25) is 0 Å². The molecule has 0 amide bonds. The van der Waals surface area contributed by atoms with E-state index in [1.165, 1.54) is 12.1 Å². The van der Waals surface area contributed by atoms with Gasteiger partial charge in [0.05, 0.1) is 19.7 Å². The summed E-state index contributed by atoms with van der Waals surface area (Å²) in [6, 6.07) is 6.69. The molecule has 3 heteroatoms. The normalized spacial score (nSPS) is 26.5. The van der Waals surface area contributed by atoms with Gasteiger partial charge in [0, 0.05) is 12.3 Å². The first kappa shape index (κ1) is 10.6. The van der Waals surface area contributed by atoms with Gasteiger partial charge in [0.15, 0.2) is 0 Å². The number of benzene rings is 1. The molecule has 2 atom stereocenters. The van der Waals surface area contributed by atoms with Gasteiger partial charge in [-0.25, -0.2) is 4.39 Å². The van der Waals surface area contributed by atoms with E-state index in [4.69, 9.17) is 0 Å². The monoisotopic (exact) mass is 210 g/mol. The number of aliphatic hydroxyl groups is 1. The van der Waals surface area contributed by atoms with Gasteiger partial charge in [-0.05, 0) is 23.6 Å². The number of quaternary nitrogens is 1. The van der Waals surface area contributed by atoms with Gasteiger partial charge in [0.25, 0.3) is 0 Å². The minimum atomic E-state index is -0.193. The average molecular weight is 210 g/mol. The van der Waals surface area contributed by atoms with Gasteiger partial charge in [0.1, 0.15) is 5.82 Å². The van der Waals surface area contributed by atoms with Gasteiger partial charge < -0.3 is 10.4 Å². The molecule has 1 saturated heterocycles. The summed E-state index contributed by atoms with van der Waals surface area (Å²) in [7, 11) is 0. The summed E-state index contributed by atoms with van der Waals surface area (Å²) in [5.74, 6) is 0.506. The van der Waals surface area contributed by atoms with E-state index in [9.17, 15) is 9.50 Å². The fraction of sp³-hybridized carbons (Fsp3) is 0.500. The van der Waals surface area contributed by atoms with Crippen LogP contribution in [0.4, 0.5) is 4.39 Å². The van der Waals surface area contributed by atoms with Gasteiger partial charge in [-0.1, -0.05) is 12.1 Å². The van der Waals surface area contributed by atoms with Crippen LogP contribution in [0.25, 0.3) is 0 Å². The minimum Gasteiger partial charge on any atom is -0.396 e. The number of aliphatic hydroxyl groups excluding tert-OH is 1. The first-order valence-electron chi connectivity index (χ1n) is 5.49. The van der Waals surface area contributed by atoms with Crippen LogP contribution in [-0.4, -0.2) is 24.8 Å². The molecule has 1 heterocycles. The molecule has 1 fully saturated rings. The molecule has 0 unspecified atom stereocenters. The number of halogens is 1. The van der Waals surface area contributed by atoms with E-state index in [0.717, 1.165) is 25.1 Å². The fourth-order valence-electron chi connectivity index (χ4n) is 2.38. The highest BCUT2D eigenvalue weighted by Crippen LogP contribution is 2.28. The molecule has 0 aromatic heterocycles. The van der Waals surface area contributed by atoms with Crippen molar-refractivity contribution in [3.05, 3.63) is 35.6 Å². The number of rotatable bonds is 2. The summed E-state index contributed by atoms with van der Waals surface area (Å²) >= 11 is 0. The summed E-state index contributed by atoms with van der Waals surface area (Å²) in [6.45, 7) is 2.29. The predicted molar refractivity (Wildman–Crippen MR) is 56.0 cm³/mol. The van der Waals surface area contributed by atoms with Crippen molar-refractivity contribution >= 4 is 0 Å². The standard InChI is InChI=1S/C12H16FNO/c13-11-3-1-9(2-4-11)12-5-6-14-7-10(12)8-15/h1-4,10,12,14-15H,5-8H2/p+1/t10-,12-/m0/s1. The van der Waals surface area contributed by atoms with E-state index in [2.05, 4.69) is 5.32 Å². The van der Waals surface area contributed by atoms with Crippen molar-refractivity contribution in [2.24, 2.45) is 5.92 Å². The lowest BCUT2D eigenvalue weighted by Crippen LogP contribution is -2.88. The van der Waals surface area contributed by atoms with Crippen molar-refractivity contribution in [2.45, 2.75) is 12.3 Å². The summed E-state index contributed by atoms with van der Waals surface area (Å²) in [5, 5.41) is 11.5. The Morgan fingerprint density at radius 2 is 2.07 bits per heavy atom. The highest BCUT2D eigenvalue weighted by molar-refractivity contribution is 5.21. The molecule has 15 heavy (non-hydrogen) atoms. The smallest absolute Gasteiger partial charge is 0.123 e. The Morgan fingerprint density at radius 1 is 1.33 bits per heavy atom. The lowest BCUT2D eigenvalue weighted by Gasteiger charge is -2.28. The molecule has 1 aromatic carbocycles. The van der Waals surface area contributed by atoms with Crippen molar-refractivity contribution < 1.29 is 14.8 Å². The quantitative estimate of drug-likeness (QED) is 0.732. The highest BCUT2D eigenvalue weighted by Gasteiger charge is 2.27. The fourth-order valence-corrected chi connectivity index (χ4v) is 2.38. The molecule has 0 saturated carbocycles. The van der Waals surface area contributed by atoms with Crippen LogP contribution in [0.15, 0.2) is 24.3 Å². The largest absolute Gasteiger partial charge is 0.396 e. The molecular weight excluding hydrogens is 193 g/mol. The maximum Gasteiger partial charge on any atom is 0.123 e. The Labute approximate surface area is 89.1 Å². The molecule has 3 N–H and O–H groups in total. The van der Waals surface area contributed by atoms with E-state index in [0.29, 0.717) is 11.8 Å². The Morgan fingerprint density at radius 3 is 2.73 bits per heavy atom.